The fourth-order valence-corrected chi connectivity index (χ4v) is 4.05. The number of aromatic nitrogens is 5. The first-order valence-electron chi connectivity index (χ1n) is 10.5. The minimum atomic E-state index is -4.31. The lowest BCUT2D eigenvalue weighted by molar-refractivity contribution is -0.127. The van der Waals surface area contributed by atoms with E-state index in [0.717, 1.165) is 5.56 Å². The average Bonchev–Trinajstić information content (AvgIpc) is 3.23. The van der Waals surface area contributed by atoms with Gasteiger partial charge in [0.1, 0.15) is 5.82 Å². The number of halogens is 3. The molecule has 2 N–H and O–H groups in total. The molecule has 1 fully saturated rings. The lowest BCUT2D eigenvalue weighted by Gasteiger charge is -2.28. The van der Waals surface area contributed by atoms with Gasteiger partial charge in [-0.1, -0.05) is 0 Å². The summed E-state index contributed by atoms with van der Waals surface area (Å²) < 4.78 is 44.2. The van der Waals surface area contributed by atoms with E-state index in [1.165, 1.54) is 12.3 Å². The van der Waals surface area contributed by atoms with Gasteiger partial charge in [0.2, 0.25) is 11.9 Å². The number of alkyl halides is 3. The minimum Gasteiger partial charge on any atom is -0.378 e. The maximum absolute atomic E-state index is 12.9. The molecule has 2 aliphatic rings. The van der Waals surface area contributed by atoms with E-state index in [4.69, 9.17) is 20.4 Å². The van der Waals surface area contributed by atoms with Crippen LogP contribution in [0.15, 0.2) is 30.9 Å². The van der Waals surface area contributed by atoms with Crippen molar-refractivity contribution in [3.63, 3.8) is 0 Å². The van der Waals surface area contributed by atoms with Crippen LogP contribution in [-0.2, 0) is 17.6 Å². The molecule has 9 nitrogen and oxygen atoms in total. The highest BCUT2D eigenvalue weighted by molar-refractivity contribution is 5.76. The fraction of sp³-hybridized carbons (Fsp3) is 0.381. The zero-order valence-corrected chi connectivity index (χ0v) is 17.6. The van der Waals surface area contributed by atoms with E-state index in [0.29, 0.717) is 68.0 Å². The number of fused-ring (bicyclic) bond motifs is 1. The van der Waals surface area contributed by atoms with Gasteiger partial charge < -0.3 is 20.3 Å². The second-order valence-corrected chi connectivity index (χ2v) is 7.85. The second kappa shape index (κ2) is 8.43. The van der Waals surface area contributed by atoms with Crippen molar-refractivity contribution in [1.29, 1.82) is 0 Å². The van der Waals surface area contributed by atoms with E-state index < -0.39 is 12.6 Å². The summed E-state index contributed by atoms with van der Waals surface area (Å²) in [5, 5.41) is 0. The lowest BCUT2D eigenvalue weighted by Crippen LogP contribution is -2.37. The van der Waals surface area contributed by atoms with E-state index in [2.05, 4.69) is 15.0 Å². The molecule has 1 saturated heterocycles. The summed E-state index contributed by atoms with van der Waals surface area (Å²) in [7, 11) is 0. The Morgan fingerprint density at radius 3 is 2.48 bits per heavy atom. The first-order valence-corrected chi connectivity index (χ1v) is 10.5. The summed E-state index contributed by atoms with van der Waals surface area (Å²) in [5.41, 5.74) is 8.56. The van der Waals surface area contributed by atoms with Crippen LogP contribution < -0.4 is 15.5 Å². The van der Waals surface area contributed by atoms with Gasteiger partial charge in [0, 0.05) is 49.4 Å². The number of pyridine rings is 1. The molecule has 33 heavy (non-hydrogen) atoms. The fourth-order valence-electron chi connectivity index (χ4n) is 4.05. The van der Waals surface area contributed by atoms with Crippen molar-refractivity contribution in [2.45, 2.75) is 19.0 Å². The van der Waals surface area contributed by atoms with Crippen LogP contribution in [0.2, 0.25) is 0 Å². The molecule has 3 aromatic rings. The van der Waals surface area contributed by atoms with Gasteiger partial charge in [-0.15, -0.1) is 0 Å². The highest BCUT2D eigenvalue weighted by Crippen LogP contribution is 2.39. The largest absolute Gasteiger partial charge is 0.393 e. The highest BCUT2D eigenvalue weighted by atomic mass is 19.4. The summed E-state index contributed by atoms with van der Waals surface area (Å²) in [6.45, 7) is 2.94. The van der Waals surface area contributed by atoms with Gasteiger partial charge in [0.25, 0.3) is 0 Å². The van der Waals surface area contributed by atoms with Crippen molar-refractivity contribution in [3.8, 4) is 11.3 Å². The SMILES string of the molecule is Nc1ncc(-c2nc(N3CCOCC3)nc3c2CCN3c2cncc(CC(F)(F)F)c2)cn1. The molecule has 0 unspecified atom stereocenters. The molecule has 0 radical (unpaired) electrons. The van der Waals surface area contributed by atoms with Crippen LogP contribution in [-0.4, -0.2) is 63.9 Å². The van der Waals surface area contributed by atoms with Crippen molar-refractivity contribution in [2.75, 3.05) is 48.4 Å². The number of ether oxygens (including phenoxy) is 1. The maximum Gasteiger partial charge on any atom is 0.393 e. The predicted molar refractivity (Wildman–Crippen MR) is 115 cm³/mol. The van der Waals surface area contributed by atoms with E-state index >= 15 is 0 Å². The van der Waals surface area contributed by atoms with Crippen molar-refractivity contribution in [1.82, 2.24) is 24.9 Å². The third-order valence-corrected chi connectivity index (χ3v) is 5.55. The molecule has 0 saturated carbocycles. The Labute approximate surface area is 187 Å². The standard InChI is InChI=1S/C21H21F3N8O/c22-21(23,24)8-13-7-15(12-26-9-13)32-2-1-16-17(14-10-27-19(25)28-11-14)29-20(30-18(16)32)31-3-5-33-6-4-31/h7,9-12H,1-6,8H2,(H2,25,27,28). The van der Waals surface area contributed by atoms with Gasteiger partial charge >= 0.3 is 6.18 Å². The van der Waals surface area contributed by atoms with Crippen molar-refractivity contribution in [2.24, 2.45) is 0 Å². The number of anilines is 4. The molecule has 12 heteroatoms. The van der Waals surface area contributed by atoms with Gasteiger partial charge in [-0.05, 0) is 18.1 Å². The topological polar surface area (TPSA) is 106 Å². The third-order valence-electron chi connectivity index (χ3n) is 5.55. The molecule has 0 atom stereocenters. The van der Waals surface area contributed by atoms with Crippen LogP contribution in [0.4, 0.5) is 36.6 Å². The first-order chi connectivity index (χ1) is 15.9. The number of nitrogens with two attached hydrogens (primary N) is 1. The average molecular weight is 458 g/mol. The van der Waals surface area contributed by atoms with Gasteiger partial charge in [0.15, 0.2) is 0 Å². The predicted octanol–water partition coefficient (Wildman–Crippen LogP) is 2.55. The number of nitrogen functional groups attached to an aromatic ring is 1. The van der Waals surface area contributed by atoms with Gasteiger partial charge in [-0.3, -0.25) is 4.98 Å². The van der Waals surface area contributed by atoms with Crippen LogP contribution in [0.1, 0.15) is 11.1 Å². The Morgan fingerprint density at radius 2 is 1.76 bits per heavy atom. The van der Waals surface area contributed by atoms with E-state index in [9.17, 15) is 13.2 Å². The van der Waals surface area contributed by atoms with Crippen molar-refractivity contribution in [3.05, 3.63) is 42.0 Å². The molecule has 0 bridgehead atoms. The number of morpholine rings is 1. The quantitative estimate of drug-likeness (QED) is 0.631. The normalized spacial score (nSPS) is 16.2. The van der Waals surface area contributed by atoms with Crippen LogP contribution in [0.5, 0.6) is 0 Å². The molecule has 0 spiro atoms. The molecule has 5 heterocycles. The summed E-state index contributed by atoms with van der Waals surface area (Å²) in [4.78, 5) is 25.8. The monoisotopic (exact) mass is 458 g/mol. The summed E-state index contributed by atoms with van der Waals surface area (Å²) in [6, 6.07) is 1.51. The van der Waals surface area contributed by atoms with E-state index in [1.54, 1.807) is 18.6 Å². The molecule has 2 aliphatic heterocycles. The highest BCUT2D eigenvalue weighted by Gasteiger charge is 2.31. The van der Waals surface area contributed by atoms with Crippen LogP contribution >= 0.6 is 0 Å². The molecular formula is C21H21F3N8O. The zero-order valence-electron chi connectivity index (χ0n) is 17.6. The zero-order chi connectivity index (χ0) is 23.0. The van der Waals surface area contributed by atoms with E-state index in [-0.39, 0.29) is 11.5 Å². The number of hydrogen-bond donors (Lipinski definition) is 1. The summed E-state index contributed by atoms with van der Waals surface area (Å²) in [6.07, 6.45) is 1.29. The summed E-state index contributed by atoms with van der Waals surface area (Å²) in [5.74, 6) is 1.33. The van der Waals surface area contributed by atoms with Crippen molar-refractivity contribution >= 4 is 23.4 Å². The summed E-state index contributed by atoms with van der Waals surface area (Å²) >= 11 is 0. The number of hydrogen-bond acceptors (Lipinski definition) is 9. The Morgan fingerprint density at radius 1 is 1.00 bits per heavy atom. The van der Waals surface area contributed by atoms with Gasteiger partial charge in [-0.2, -0.15) is 18.2 Å². The molecule has 172 valence electrons. The molecule has 0 aromatic carbocycles. The number of rotatable bonds is 4. The Kier molecular flexibility index (Phi) is 5.44. The Hall–Kier alpha value is -3.54. The molecule has 0 aliphatic carbocycles. The van der Waals surface area contributed by atoms with Crippen LogP contribution in [0.3, 0.4) is 0 Å². The minimum absolute atomic E-state index is 0.100. The lowest BCUT2D eigenvalue weighted by atomic mass is 10.1. The second-order valence-electron chi connectivity index (χ2n) is 7.85. The van der Waals surface area contributed by atoms with Crippen molar-refractivity contribution < 1.29 is 17.9 Å². The van der Waals surface area contributed by atoms with Crippen LogP contribution in [0, 0.1) is 0 Å². The molecule has 3 aromatic heterocycles. The Bertz CT molecular complexity index is 1150. The van der Waals surface area contributed by atoms with Gasteiger partial charge in [0.05, 0.1) is 37.2 Å². The molecule has 0 amide bonds. The maximum atomic E-state index is 12.9. The van der Waals surface area contributed by atoms with E-state index in [1.807, 2.05) is 9.80 Å². The van der Waals surface area contributed by atoms with Gasteiger partial charge in [-0.25, -0.2) is 15.0 Å². The molecule has 5 rings (SSSR count). The first kappa shape index (κ1) is 21.3. The smallest absolute Gasteiger partial charge is 0.378 e. The molecular weight excluding hydrogens is 437 g/mol. The third kappa shape index (κ3) is 4.51. The Balaban J connectivity index is 1.58. The number of nitrogens with zero attached hydrogens (tertiary/aromatic N) is 7. The van der Waals surface area contributed by atoms with Crippen LogP contribution in [0.25, 0.3) is 11.3 Å².